The predicted octanol–water partition coefficient (Wildman–Crippen LogP) is 2.45. The number of benzene rings is 1. The highest BCUT2D eigenvalue weighted by Crippen LogP contribution is 2.53. The molecule has 2 aliphatic carbocycles. The molecule has 0 N–H and O–H groups in total. The lowest BCUT2D eigenvalue weighted by Crippen LogP contribution is -2.33. The Morgan fingerprint density at radius 2 is 1.70 bits per heavy atom. The number of anilines is 1. The fourth-order valence-electron chi connectivity index (χ4n) is 4.01. The van der Waals surface area contributed by atoms with Crippen LogP contribution in [-0.4, -0.2) is 11.8 Å². The van der Waals surface area contributed by atoms with Gasteiger partial charge in [-0.15, -0.1) is 0 Å². The fourth-order valence-corrected chi connectivity index (χ4v) is 4.01. The Hall–Kier alpha value is -1.97. The molecule has 2 amide bonds. The second-order valence-electron chi connectivity index (χ2n) is 5.94. The summed E-state index contributed by atoms with van der Waals surface area (Å²) in [5.74, 6) is -0.603. The SMILES string of the molecule is Cc1cc(F)ccc1N1C(=O)[C@@H]2[C@H](C1=O)[C@@H]1C=C[C@H]2C1. The molecule has 3 nitrogen and oxygen atoms in total. The molecule has 3 aliphatic rings. The Morgan fingerprint density at radius 1 is 1.10 bits per heavy atom. The van der Waals surface area contributed by atoms with Crippen molar-refractivity contribution >= 4 is 17.5 Å². The van der Waals surface area contributed by atoms with Crippen molar-refractivity contribution in [1.82, 2.24) is 0 Å². The third kappa shape index (κ3) is 1.34. The van der Waals surface area contributed by atoms with Crippen molar-refractivity contribution in [2.45, 2.75) is 13.3 Å². The van der Waals surface area contributed by atoms with Crippen LogP contribution in [0.5, 0.6) is 0 Å². The molecule has 4 atom stereocenters. The van der Waals surface area contributed by atoms with Crippen LogP contribution in [0.15, 0.2) is 30.4 Å². The van der Waals surface area contributed by atoms with Crippen molar-refractivity contribution in [3.63, 3.8) is 0 Å². The van der Waals surface area contributed by atoms with Crippen LogP contribution in [-0.2, 0) is 9.59 Å². The van der Waals surface area contributed by atoms with Gasteiger partial charge in [-0.3, -0.25) is 9.59 Å². The van der Waals surface area contributed by atoms with E-state index in [4.69, 9.17) is 0 Å². The minimum Gasteiger partial charge on any atom is -0.274 e. The predicted molar refractivity (Wildman–Crippen MR) is 71.3 cm³/mol. The number of fused-ring (bicyclic) bond motifs is 5. The summed E-state index contributed by atoms with van der Waals surface area (Å²) < 4.78 is 13.2. The van der Waals surface area contributed by atoms with Crippen LogP contribution in [0.2, 0.25) is 0 Å². The third-order valence-electron chi connectivity index (χ3n) is 4.87. The molecule has 1 aliphatic heterocycles. The first-order valence-electron chi connectivity index (χ1n) is 6.90. The Labute approximate surface area is 116 Å². The molecular weight excluding hydrogens is 257 g/mol. The third-order valence-corrected chi connectivity index (χ3v) is 4.87. The molecule has 0 spiro atoms. The summed E-state index contributed by atoms with van der Waals surface area (Å²) in [4.78, 5) is 26.5. The summed E-state index contributed by atoms with van der Waals surface area (Å²) in [5.41, 5.74) is 1.14. The average molecular weight is 271 g/mol. The number of rotatable bonds is 1. The number of hydrogen-bond donors (Lipinski definition) is 0. The van der Waals surface area contributed by atoms with Crippen LogP contribution in [0.3, 0.4) is 0 Å². The van der Waals surface area contributed by atoms with Crippen LogP contribution >= 0.6 is 0 Å². The number of allylic oxidation sites excluding steroid dienone is 2. The zero-order valence-electron chi connectivity index (χ0n) is 11.0. The molecule has 1 saturated carbocycles. The number of nitrogens with zero attached hydrogens (tertiary/aromatic N) is 1. The van der Waals surface area contributed by atoms with Gasteiger partial charge in [0.05, 0.1) is 17.5 Å². The van der Waals surface area contributed by atoms with Gasteiger partial charge in [-0.25, -0.2) is 9.29 Å². The summed E-state index contributed by atoms with van der Waals surface area (Å²) in [6.07, 6.45) is 5.05. The van der Waals surface area contributed by atoms with Crippen LogP contribution in [0.4, 0.5) is 10.1 Å². The van der Waals surface area contributed by atoms with Crippen LogP contribution in [0.1, 0.15) is 12.0 Å². The fraction of sp³-hybridized carbons (Fsp3) is 0.375. The molecule has 102 valence electrons. The Kier molecular flexibility index (Phi) is 2.23. The Bertz CT molecular complexity index is 636. The number of carbonyl (C=O) groups excluding carboxylic acids is 2. The average Bonchev–Trinajstić information content (AvgIpc) is 3.06. The molecular formula is C16H14FNO2. The molecule has 0 radical (unpaired) electrons. The summed E-state index contributed by atoms with van der Waals surface area (Å²) in [5, 5.41) is 0. The largest absolute Gasteiger partial charge is 0.274 e. The van der Waals surface area contributed by atoms with E-state index < -0.39 is 0 Å². The number of amides is 2. The molecule has 2 bridgehead atoms. The molecule has 1 aromatic rings. The molecule has 4 rings (SSSR count). The minimum absolute atomic E-state index is 0.119. The summed E-state index contributed by atoms with van der Waals surface area (Å²) >= 11 is 0. The highest BCUT2D eigenvalue weighted by atomic mass is 19.1. The van der Waals surface area contributed by atoms with Gasteiger partial charge in [-0.05, 0) is 48.9 Å². The maximum absolute atomic E-state index is 13.2. The first-order valence-corrected chi connectivity index (χ1v) is 6.90. The van der Waals surface area contributed by atoms with E-state index >= 15 is 0 Å². The number of carbonyl (C=O) groups is 2. The first kappa shape index (κ1) is 11.8. The number of hydrogen-bond acceptors (Lipinski definition) is 2. The van der Waals surface area contributed by atoms with Crippen molar-refractivity contribution < 1.29 is 14.0 Å². The van der Waals surface area contributed by atoms with E-state index in [1.165, 1.54) is 23.1 Å². The molecule has 1 aromatic carbocycles. The lowest BCUT2D eigenvalue weighted by atomic mass is 9.85. The molecule has 0 aromatic heterocycles. The molecule has 2 fully saturated rings. The summed E-state index contributed by atoms with van der Waals surface area (Å²) in [6, 6.07) is 4.18. The zero-order valence-corrected chi connectivity index (χ0v) is 11.0. The lowest BCUT2D eigenvalue weighted by molar-refractivity contribution is -0.123. The molecule has 20 heavy (non-hydrogen) atoms. The van der Waals surface area contributed by atoms with Gasteiger partial charge in [0.15, 0.2) is 0 Å². The van der Waals surface area contributed by atoms with Gasteiger partial charge >= 0.3 is 0 Å². The van der Waals surface area contributed by atoms with Crippen LogP contribution in [0, 0.1) is 36.4 Å². The van der Waals surface area contributed by atoms with Gasteiger partial charge in [0, 0.05) is 0 Å². The van der Waals surface area contributed by atoms with Crippen molar-refractivity contribution in [3.8, 4) is 0 Å². The quantitative estimate of drug-likeness (QED) is 0.581. The van der Waals surface area contributed by atoms with E-state index in [1.807, 2.05) is 0 Å². The van der Waals surface area contributed by atoms with Crippen LogP contribution < -0.4 is 4.90 Å². The highest BCUT2D eigenvalue weighted by Gasteiger charge is 2.59. The van der Waals surface area contributed by atoms with Gasteiger partial charge < -0.3 is 0 Å². The summed E-state index contributed by atoms with van der Waals surface area (Å²) in [6.45, 7) is 1.72. The van der Waals surface area contributed by atoms with Gasteiger partial charge in [-0.2, -0.15) is 0 Å². The number of aryl methyl sites for hydroxylation is 1. The molecule has 4 heteroatoms. The van der Waals surface area contributed by atoms with Crippen molar-refractivity contribution in [3.05, 3.63) is 41.7 Å². The Morgan fingerprint density at radius 3 is 2.25 bits per heavy atom. The normalized spacial score (nSPS) is 34.2. The topological polar surface area (TPSA) is 37.4 Å². The van der Waals surface area contributed by atoms with E-state index in [0.29, 0.717) is 11.3 Å². The molecule has 1 saturated heterocycles. The van der Waals surface area contributed by atoms with Crippen molar-refractivity contribution in [2.24, 2.45) is 23.7 Å². The summed E-state index contributed by atoms with van der Waals surface area (Å²) in [7, 11) is 0. The van der Waals surface area contributed by atoms with E-state index in [9.17, 15) is 14.0 Å². The van der Waals surface area contributed by atoms with E-state index in [2.05, 4.69) is 12.2 Å². The maximum Gasteiger partial charge on any atom is 0.238 e. The van der Waals surface area contributed by atoms with Gasteiger partial charge in [0.1, 0.15) is 5.82 Å². The van der Waals surface area contributed by atoms with E-state index in [-0.39, 0.29) is 41.3 Å². The van der Waals surface area contributed by atoms with E-state index in [0.717, 1.165) is 6.42 Å². The van der Waals surface area contributed by atoms with Gasteiger partial charge in [0.25, 0.3) is 0 Å². The monoisotopic (exact) mass is 271 g/mol. The lowest BCUT2D eigenvalue weighted by Gasteiger charge is -2.19. The molecule has 0 unspecified atom stereocenters. The molecule has 1 heterocycles. The first-order chi connectivity index (χ1) is 9.58. The second kappa shape index (κ2) is 3.78. The van der Waals surface area contributed by atoms with E-state index in [1.54, 1.807) is 6.92 Å². The minimum atomic E-state index is -0.354. The van der Waals surface area contributed by atoms with Gasteiger partial charge in [-0.1, -0.05) is 12.2 Å². The van der Waals surface area contributed by atoms with Crippen LogP contribution in [0.25, 0.3) is 0 Å². The Balaban J connectivity index is 1.78. The second-order valence-corrected chi connectivity index (χ2v) is 5.94. The highest BCUT2D eigenvalue weighted by molar-refractivity contribution is 6.23. The van der Waals surface area contributed by atoms with Crippen molar-refractivity contribution in [2.75, 3.05) is 4.90 Å². The smallest absolute Gasteiger partial charge is 0.238 e. The number of imide groups is 1. The maximum atomic E-state index is 13.2. The zero-order chi connectivity index (χ0) is 14.0. The number of halogens is 1. The standard InChI is InChI=1S/C16H14FNO2/c1-8-6-11(17)4-5-12(8)18-15(19)13-9-2-3-10(7-9)14(13)16(18)20/h2-6,9-10,13-14H,7H2,1H3/t9-,10+,13-,14+. The van der Waals surface area contributed by atoms with Crippen molar-refractivity contribution in [1.29, 1.82) is 0 Å². The van der Waals surface area contributed by atoms with Gasteiger partial charge in [0.2, 0.25) is 11.8 Å².